The minimum atomic E-state index is -4.33. The van der Waals surface area contributed by atoms with E-state index in [1.165, 1.54) is 25.0 Å². The highest BCUT2D eigenvalue weighted by Gasteiger charge is 2.33. The second kappa shape index (κ2) is 10.5. The van der Waals surface area contributed by atoms with Crippen LogP contribution in [0, 0.1) is 17.8 Å². The van der Waals surface area contributed by atoms with Crippen LogP contribution < -0.4 is 4.90 Å². The molecule has 1 aliphatic carbocycles. The summed E-state index contributed by atoms with van der Waals surface area (Å²) < 4.78 is 45.1. The van der Waals surface area contributed by atoms with Gasteiger partial charge < -0.3 is 14.7 Å². The predicted molar refractivity (Wildman–Crippen MR) is 117 cm³/mol. The summed E-state index contributed by atoms with van der Waals surface area (Å²) in [6, 6.07) is 5.51. The topological polar surface area (TPSA) is 35.9 Å². The summed E-state index contributed by atoms with van der Waals surface area (Å²) in [6.07, 6.45) is -1.16. The number of hydrogen-bond acceptors (Lipinski definition) is 4. The SMILES string of the molecule is CC(C)[C@@H]1CC[C@@H](C)C[C@H]1OC[C@H](O)CN1CCN(c2cccc(C(F)(F)F)c2)CC1. The van der Waals surface area contributed by atoms with Crippen LogP contribution in [0.1, 0.15) is 45.6 Å². The lowest BCUT2D eigenvalue weighted by Crippen LogP contribution is -2.49. The van der Waals surface area contributed by atoms with E-state index in [0.717, 1.165) is 12.5 Å². The van der Waals surface area contributed by atoms with Crippen molar-refractivity contribution in [1.29, 1.82) is 0 Å². The first-order valence-corrected chi connectivity index (χ1v) is 11.6. The van der Waals surface area contributed by atoms with E-state index in [0.29, 0.717) is 62.8 Å². The summed E-state index contributed by atoms with van der Waals surface area (Å²) in [5.41, 5.74) is -0.0127. The zero-order valence-electron chi connectivity index (χ0n) is 18.9. The number of hydrogen-bond donors (Lipinski definition) is 1. The summed E-state index contributed by atoms with van der Waals surface area (Å²) in [5, 5.41) is 10.5. The molecule has 2 aliphatic rings. The van der Waals surface area contributed by atoms with Crippen molar-refractivity contribution in [3.63, 3.8) is 0 Å². The maximum Gasteiger partial charge on any atom is 0.416 e. The van der Waals surface area contributed by atoms with Crippen LogP contribution in [0.25, 0.3) is 0 Å². The molecule has 0 bridgehead atoms. The Bertz CT molecular complexity index is 690. The zero-order chi connectivity index (χ0) is 22.6. The van der Waals surface area contributed by atoms with Crippen LogP contribution in [0.5, 0.6) is 0 Å². The highest BCUT2D eigenvalue weighted by molar-refractivity contribution is 5.49. The normalized spacial score (nSPS) is 27.0. The van der Waals surface area contributed by atoms with Crippen molar-refractivity contribution in [2.45, 2.75) is 58.4 Å². The van der Waals surface area contributed by atoms with Crippen molar-refractivity contribution in [1.82, 2.24) is 4.90 Å². The summed E-state index contributed by atoms with van der Waals surface area (Å²) in [7, 11) is 0. The molecule has 31 heavy (non-hydrogen) atoms. The number of β-amino-alcohol motifs (C(OH)–C–C–N with tert-alkyl or cyclic N) is 1. The first-order chi connectivity index (χ1) is 14.6. The number of nitrogens with zero attached hydrogens (tertiary/aromatic N) is 2. The molecule has 2 fully saturated rings. The van der Waals surface area contributed by atoms with Gasteiger partial charge in [0.2, 0.25) is 0 Å². The average Bonchev–Trinajstić information content (AvgIpc) is 2.72. The minimum Gasteiger partial charge on any atom is -0.389 e. The zero-order valence-corrected chi connectivity index (χ0v) is 18.9. The molecule has 7 heteroatoms. The molecule has 0 amide bonds. The fraction of sp³-hybridized carbons (Fsp3) is 0.750. The third kappa shape index (κ3) is 6.83. The molecule has 1 heterocycles. The number of alkyl halides is 3. The quantitative estimate of drug-likeness (QED) is 0.666. The Morgan fingerprint density at radius 3 is 2.48 bits per heavy atom. The van der Waals surface area contributed by atoms with Crippen LogP contribution in [0.4, 0.5) is 18.9 Å². The molecule has 1 N–H and O–H groups in total. The van der Waals surface area contributed by atoms with E-state index in [2.05, 4.69) is 25.7 Å². The molecular weight excluding hydrogens is 405 g/mol. The smallest absolute Gasteiger partial charge is 0.389 e. The van der Waals surface area contributed by atoms with Crippen LogP contribution >= 0.6 is 0 Å². The standard InChI is InChI=1S/C24H37F3N2O2/c1-17(2)22-8-7-18(3)13-23(22)31-16-21(30)15-28-9-11-29(12-10-28)20-6-4-5-19(14-20)24(25,26)27/h4-6,14,17-18,21-23,30H,7-13,15-16H2,1-3H3/t18-,21-,22+,23-/m1/s1. The van der Waals surface area contributed by atoms with Gasteiger partial charge in [-0.3, -0.25) is 4.90 Å². The third-order valence-electron chi connectivity index (χ3n) is 6.84. The molecule has 0 radical (unpaired) electrons. The number of rotatable bonds is 7. The third-order valence-corrected chi connectivity index (χ3v) is 6.84. The van der Waals surface area contributed by atoms with Crippen molar-refractivity contribution in [3.8, 4) is 0 Å². The Hall–Kier alpha value is -1.31. The van der Waals surface area contributed by atoms with Gasteiger partial charge in [0.1, 0.15) is 0 Å². The molecule has 1 aliphatic heterocycles. The fourth-order valence-corrected chi connectivity index (χ4v) is 4.96. The number of anilines is 1. The summed E-state index contributed by atoms with van der Waals surface area (Å²) in [4.78, 5) is 4.15. The lowest BCUT2D eigenvalue weighted by Gasteiger charge is -2.39. The highest BCUT2D eigenvalue weighted by atomic mass is 19.4. The lowest BCUT2D eigenvalue weighted by molar-refractivity contribution is -0.137. The maximum absolute atomic E-state index is 13.0. The number of piperazine rings is 1. The van der Waals surface area contributed by atoms with Gasteiger partial charge in [0.15, 0.2) is 0 Å². The van der Waals surface area contributed by atoms with Gasteiger partial charge in [0, 0.05) is 38.4 Å². The van der Waals surface area contributed by atoms with Gasteiger partial charge in [-0.2, -0.15) is 13.2 Å². The fourth-order valence-electron chi connectivity index (χ4n) is 4.96. The first-order valence-electron chi connectivity index (χ1n) is 11.6. The maximum atomic E-state index is 13.0. The first kappa shape index (κ1) is 24.3. The largest absolute Gasteiger partial charge is 0.416 e. The Morgan fingerprint density at radius 2 is 1.84 bits per heavy atom. The molecule has 0 spiro atoms. The van der Waals surface area contributed by atoms with E-state index in [4.69, 9.17) is 4.74 Å². The molecular formula is C24H37F3N2O2. The molecule has 1 saturated carbocycles. The van der Waals surface area contributed by atoms with E-state index in [1.807, 2.05) is 4.90 Å². The van der Waals surface area contributed by atoms with E-state index in [-0.39, 0.29) is 6.10 Å². The van der Waals surface area contributed by atoms with Gasteiger partial charge in [-0.15, -0.1) is 0 Å². The van der Waals surface area contributed by atoms with Gasteiger partial charge in [-0.25, -0.2) is 0 Å². The Balaban J connectivity index is 1.44. The Kier molecular flexibility index (Phi) is 8.27. The molecule has 1 aromatic rings. The number of ether oxygens (including phenoxy) is 1. The highest BCUT2D eigenvalue weighted by Crippen LogP contribution is 2.35. The molecule has 4 nitrogen and oxygen atoms in total. The van der Waals surface area contributed by atoms with E-state index >= 15 is 0 Å². The molecule has 176 valence electrons. The lowest BCUT2D eigenvalue weighted by atomic mass is 9.75. The predicted octanol–water partition coefficient (Wildman–Crippen LogP) is 4.67. The molecule has 4 atom stereocenters. The van der Waals surface area contributed by atoms with E-state index in [1.54, 1.807) is 6.07 Å². The van der Waals surface area contributed by atoms with Crippen molar-refractivity contribution in [3.05, 3.63) is 29.8 Å². The molecule has 3 rings (SSSR count). The molecule has 1 aromatic carbocycles. The number of benzene rings is 1. The van der Waals surface area contributed by atoms with Crippen LogP contribution in [0.15, 0.2) is 24.3 Å². The van der Waals surface area contributed by atoms with Crippen LogP contribution in [-0.4, -0.2) is 61.5 Å². The van der Waals surface area contributed by atoms with Gasteiger partial charge in [-0.1, -0.05) is 33.3 Å². The minimum absolute atomic E-state index is 0.219. The van der Waals surface area contributed by atoms with Crippen LogP contribution in [-0.2, 0) is 10.9 Å². The van der Waals surface area contributed by atoms with Crippen molar-refractivity contribution < 1.29 is 23.0 Å². The second-order valence-electron chi connectivity index (χ2n) is 9.69. The summed E-state index contributed by atoms with van der Waals surface area (Å²) in [5.74, 6) is 1.80. The average molecular weight is 443 g/mol. The molecule has 0 unspecified atom stereocenters. The van der Waals surface area contributed by atoms with Crippen molar-refractivity contribution in [2.24, 2.45) is 17.8 Å². The van der Waals surface area contributed by atoms with Crippen molar-refractivity contribution >= 4 is 5.69 Å². The van der Waals surface area contributed by atoms with Gasteiger partial charge >= 0.3 is 6.18 Å². The number of aliphatic hydroxyl groups is 1. The molecule has 0 aromatic heterocycles. The van der Waals surface area contributed by atoms with Gasteiger partial charge in [0.05, 0.1) is 24.4 Å². The van der Waals surface area contributed by atoms with Gasteiger partial charge in [0.25, 0.3) is 0 Å². The van der Waals surface area contributed by atoms with Gasteiger partial charge in [-0.05, 0) is 48.8 Å². The second-order valence-corrected chi connectivity index (χ2v) is 9.69. The summed E-state index contributed by atoms with van der Waals surface area (Å²) in [6.45, 7) is 10.3. The Labute approximate surface area is 184 Å². The van der Waals surface area contributed by atoms with E-state index in [9.17, 15) is 18.3 Å². The Morgan fingerprint density at radius 1 is 1.13 bits per heavy atom. The summed E-state index contributed by atoms with van der Waals surface area (Å²) >= 11 is 0. The number of halogens is 3. The van der Waals surface area contributed by atoms with Crippen LogP contribution in [0.2, 0.25) is 0 Å². The van der Waals surface area contributed by atoms with E-state index < -0.39 is 17.8 Å². The number of aliphatic hydroxyl groups excluding tert-OH is 1. The van der Waals surface area contributed by atoms with Crippen molar-refractivity contribution in [2.75, 3.05) is 44.2 Å². The molecule has 1 saturated heterocycles. The monoisotopic (exact) mass is 442 g/mol. The van der Waals surface area contributed by atoms with Crippen LogP contribution in [0.3, 0.4) is 0 Å².